The molecule has 9 rings (SSSR count). The minimum Gasteiger partial charge on any atom is -0.456 e. The second-order valence-corrected chi connectivity index (χ2v) is 12.6. The van der Waals surface area contributed by atoms with E-state index >= 15 is 0 Å². The molecule has 1 unspecified atom stereocenters. The van der Waals surface area contributed by atoms with Crippen molar-refractivity contribution in [2.75, 3.05) is 0 Å². The van der Waals surface area contributed by atoms with Gasteiger partial charge in [-0.1, -0.05) is 98.8 Å². The maximum atomic E-state index is 7.82. The minimum absolute atomic E-state index is 0.00914. The minimum atomic E-state index is -0.171. The molecule has 6 aromatic carbocycles. The van der Waals surface area contributed by atoms with E-state index in [-0.39, 0.29) is 11.3 Å². The average molecular weight is 575 g/mol. The molecule has 0 spiro atoms. The van der Waals surface area contributed by atoms with E-state index < -0.39 is 0 Å². The number of benzene rings is 6. The topological polar surface area (TPSA) is 21.9 Å². The van der Waals surface area contributed by atoms with Gasteiger partial charge in [-0.25, -0.2) is 9.69 Å². The first-order chi connectivity index (χ1) is 22.0. The van der Waals surface area contributed by atoms with E-state index in [9.17, 15) is 0 Å². The maximum absolute atomic E-state index is 7.82. The fourth-order valence-electron chi connectivity index (χ4n) is 7.96. The Labute approximate surface area is 261 Å². The van der Waals surface area contributed by atoms with Gasteiger partial charge in [0.2, 0.25) is 0 Å². The van der Waals surface area contributed by atoms with E-state index in [4.69, 9.17) is 17.6 Å². The lowest BCUT2D eigenvalue weighted by Crippen LogP contribution is -2.15. The van der Waals surface area contributed by atoms with Crippen LogP contribution >= 0.6 is 0 Å². The van der Waals surface area contributed by atoms with Gasteiger partial charge in [0.05, 0.1) is 13.1 Å². The van der Waals surface area contributed by atoms with E-state index in [0.717, 1.165) is 49.8 Å². The summed E-state index contributed by atoms with van der Waals surface area (Å²) in [5, 5.41) is 2.18. The van der Waals surface area contributed by atoms with Crippen LogP contribution in [0.15, 0.2) is 120 Å². The molecule has 210 valence electrons. The highest BCUT2D eigenvalue weighted by Gasteiger charge is 2.38. The van der Waals surface area contributed by atoms with E-state index in [1.54, 1.807) is 0 Å². The average Bonchev–Trinajstić information content (AvgIpc) is 3.69. The smallest absolute Gasteiger partial charge is 0.187 e. The summed E-state index contributed by atoms with van der Waals surface area (Å²) in [5.74, 6) is -0.00914. The summed E-state index contributed by atoms with van der Waals surface area (Å²) >= 11 is 0. The predicted molar refractivity (Wildman–Crippen MR) is 182 cm³/mol. The standard InChI is InChI=1S/C42H26N2O/c1-42(2)37-12-8-7-10-28(37)32-18-19-33-36-21-24(13-20-38(36)45-41(33)40(32)42)34-22-25(43-3)14-16-30(34)39-29-11-6-5-9-27(29)35-23-26(44-4)15-17-31(35)39/h5-23,39H,1-2H3. The van der Waals surface area contributed by atoms with Crippen molar-refractivity contribution < 1.29 is 4.42 Å². The second-order valence-electron chi connectivity index (χ2n) is 12.6. The van der Waals surface area contributed by atoms with Crippen molar-refractivity contribution in [3.05, 3.63) is 166 Å². The summed E-state index contributed by atoms with van der Waals surface area (Å²) in [6.45, 7) is 20.0. The van der Waals surface area contributed by atoms with Crippen LogP contribution < -0.4 is 0 Å². The molecule has 1 atom stereocenters. The van der Waals surface area contributed by atoms with Gasteiger partial charge >= 0.3 is 0 Å². The van der Waals surface area contributed by atoms with Crippen LogP contribution in [0.3, 0.4) is 0 Å². The van der Waals surface area contributed by atoms with Crippen molar-refractivity contribution >= 4 is 33.3 Å². The zero-order valence-electron chi connectivity index (χ0n) is 24.8. The molecule has 0 saturated carbocycles. The van der Waals surface area contributed by atoms with E-state index in [2.05, 4.69) is 115 Å². The third kappa shape index (κ3) is 3.44. The van der Waals surface area contributed by atoms with Gasteiger partial charge in [-0.05, 0) is 86.0 Å². The van der Waals surface area contributed by atoms with Gasteiger partial charge in [0.15, 0.2) is 11.4 Å². The Bertz CT molecular complexity index is 2500. The number of fused-ring (bicyclic) bond motifs is 10. The summed E-state index contributed by atoms with van der Waals surface area (Å²) in [7, 11) is 0. The van der Waals surface area contributed by atoms with Crippen molar-refractivity contribution in [1.82, 2.24) is 0 Å². The lowest BCUT2D eigenvalue weighted by Gasteiger charge is -2.21. The van der Waals surface area contributed by atoms with Crippen LogP contribution in [0.25, 0.3) is 65.0 Å². The third-order valence-corrected chi connectivity index (χ3v) is 9.98. The quantitative estimate of drug-likeness (QED) is 0.188. The highest BCUT2D eigenvalue weighted by atomic mass is 16.3. The van der Waals surface area contributed by atoms with E-state index in [1.165, 1.54) is 33.4 Å². The molecule has 45 heavy (non-hydrogen) atoms. The first-order valence-corrected chi connectivity index (χ1v) is 15.2. The van der Waals surface area contributed by atoms with Crippen molar-refractivity contribution in [1.29, 1.82) is 0 Å². The fraction of sp³-hybridized carbons (Fsp3) is 0.0952. The van der Waals surface area contributed by atoms with Crippen LogP contribution in [-0.2, 0) is 5.41 Å². The lowest BCUT2D eigenvalue weighted by atomic mass is 9.81. The van der Waals surface area contributed by atoms with Crippen LogP contribution in [0, 0.1) is 13.1 Å². The van der Waals surface area contributed by atoms with Crippen LogP contribution in [0.5, 0.6) is 0 Å². The molecule has 0 N–H and O–H groups in total. The molecular formula is C42H26N2O. The van der Waals surface area contributed by atoms with Gasteiger partial charge in [0, 0.05) is 27.7 Å². The molecule has 1 aromatic heterocycles. The molecular weight excluding hydrogens is 548 g/mol. The molecule has 0 aliphatic heterocycles. The van der Waals surface area contributed by atoms with Crippen LogP contribution in [-0.4, -0.2) is 0 Å². The van der Waals surface area contributed by atoms with Crippen molar-refractivity contribution in [3.63, 3.8) is 0 Å². The normalized spacial score (nSPS) is 15.2. The highest BCUT2D eigenvalue weighted by molar-refractivity contribution is 6.10. The van der Waals surface area contributed by atoms with Gasteiger partial charge in [-0.15, -0.1) is 0 Å². The van der Waals surface area contributed by atoms with Gasteiger partial charge in [0.25, 0.3) is 0 Å². The van der Waals surface area contributed by atoms with Crippen molar-refractivity contribution in [2.24, 2.45) is 0 Å². The van der Waals surface area contributed by atoms with Crippen LogP contribution in [0.2, 0.25) is 0 Å². The Kier molecular flexibility index (Phi) is 5.15. The molecule has 3 heteroatoms. The van der Waals surface area contributed by atoms with Crippen LogP contribution in [0.1, 0.15) is 47.6 Å². The van der Waals surface area contributed by atoms with Crippen molar-refractivity contribution in [2.45, 2.75) is 25.2 Å². The molecule has 3 nitrogen and oxygen atoms in total. The van der Waals surface area contributed by atoms with Gasteiger partial charge in [-0.2, -0.15) is 0 Å². The Morgan fingerprint density at radius 1 is 0.578 bits per heavy atom. The lowest BCUT2D eigenvalue weighted by molar-refractivity contribution is 0.620. The summed E-state index contributed by atoms with van der Waals surface area (Å²) < 4.78 is 6.67. The molecule has 2 aliphatic rings. The molecule has 0 fully saturated rings. The predicted octanol–water partition coefficient (Wildman–Crippen LogP) is 11.8. The summed E-state index contributed by atoms with van der Waals surface area (Å²) in [5.41, 5.74) is 15.9. The maximum Gasteiger partial charge on any atom is 0.187 e. The van der Waals surface area contributed by atoms with E-state index in [1.807, 2.05) is 24.3 Å². The monoisotopic (exact) mass is 574 g/mol. The number of nitrogens with zero attached hydrogens (tertiary/aromatic N) is 2. The summed E-state index contributed by atoms with van der Waals surface area (Å²) in [6.07, 6.45) is 0. The first-order valence-electron chi connectivity index (χ1n) is 15.2. The van der Waals surface area contributed by atoms with Gasteiger partial charge in [-0.3, -0.25) is 0 Å². The van der Waals surface area contributed by atoms with Gasteiger partial charge < -0.3 is 4.42 Å². The molecule has 2 aliphatic carbocycles. The fourth-order valence-corrected chi connectivity index (χ4v) is 7.96. The Morgan fingerprint density at radius 2 is 1.24 bits per heavy atom. The molecule has 0 saturated heterocycles. The van der Waals surface area contributed by atoms with Crippen molar-refractivity contribution in [3.8, 4) is 33.4 Å². The first kappa shape index (κ1) is 25.6. The Morgan fingerprint density at radius 3 is 2.02 bits per heavy atom. The zero-order valence-corrected chi connectivity index (χ0v) is 24.8. The Balaban J connectivity index is 1.27. The molecule has 1 heterocycles. The van der Waals surface area contributed by atoms with Crippen LogP contribution in [0.4, 0.5) is 11.4 Å². The number of furan rings is 1. The number of hydrogen-bond donors (Lipinski definition) is 0. The highest BCUT2D eigenvalue weighted by Crippen LogP contribution is 2.54. The molecule has 0 radical (unpaired) electrons. The third-order valence-electron chi connectivity index (χ3n) is 9.98. The molecule has 0 bridgehead atoms. The Hall–Kier alpha value is -5.90. The number of rotatable bonds is 2. The SMILES string of the molecule is [C-]#[N+]c1ccc(C2c3ccccc3-c3cc([N+]#[C-])ccc32)c(-c2ccc3oc4c5c(ccc4c3c2)-c2ccccc2C5(C)C)c1. The van der Waals surface area contributed by atoms with E-state index in [0.29, 0.717) is 11.4 Å². The molecule has 7 aromatic rings. The zero-order chi connectivity index (χ0) is 30.4. The second kappa shape index (κ2) is 9.06. The summed E-state index contributed by atoms with van der Waals surface area (Å²) in [4.78, 5) is 7.52. The number of hydrogen-bond acceptors (Lipinski definition) is 1. The largest absolute Gasteiger partial charge is 0.456 e. The molecule has 0 amide bonds. The summed E-state index contributed by atoms with van der Waals surface area (Å²) in [6, 6.07) is 40.2. The van der Waals surface area contributed by atoms with Gasteiger partial charge in [0.1, 0.15) is 11.2 Å².